The second-order valence-corrected chi connectivity index (χ2v) is 5.73. The van der Waals surface area contributed by atoms with Gasteiger partial charge in [0.15, 0.2) is 0 Å². The first-order valence-corrected chi connectivity index (χ1v) is 7.71. The maximum absolute atomic E-state index is 13.7. The molecule has 0 aliphatic carbocycles. The number of nitrogens with one attached hydrogen (secondary N) is 2. The lowest BCUT2D eigenvalue weighted by Crippen LogP contribution is -2.27. The van der Waals surface area contributed by atoms with Gasteiger partial charge in [-0.1, -0.05) is 24.3 Å². The molecule has 0 aromatic heterocycles. The first-order chi connectivity index (χ1) is 11.6. The maximum Gasteiger partial charge on any atom is 0.252 e. The van der Waals surface area contributed by atoms with Crippen molar-refractivity contribution in [1.82, 2.24) is 10.7 Å². The molecule has 0 fully saturated rings. The van der Waals surface area contributed by atoms with Gasteiger partial charge >= 0.3 is 0 Å². The Balaban J connectivity index is 1.85. The van der Waals surface area contributed by atoms with Crippen LogP contribution in [-0.4, -0.2) is 12.1 Å². The van der Waals surface area contributed by atoms with Crippen molar-refractivity contribution in [2.45, 2.75) is 19.9 Å². The van der Waals surface area contributed by atoms with Crippen molar-refractivity contribution in [2.75, 3.05) is 0 Å². The van der Waals surface area contributed by atoms with Crippen LogP contribution in [0.1, 0.15) is 45.6 Å². The van der Waals surface area contributed by atoms with E-state index in [1.807, 2.05) is 31.2 Å². The Bertz CT molecular complexity index is 843. The zero-order valence-electron chi connectivity index (χ0n) is 13.5. The van der Waals surface area contributed by atoms with Crippen molar-refractivity contribution >= 4 is 18.2 Å². The van der Waals surface area contributed by atoms with Crippen molar-refractivity contribution in [3.05, 3.63) is 76.2 Å². The minimum atomic E-state index is -0.301. The van der Waals surface area contributed by atoms with Crippen LogP contribution in [-0.2, 0) is 0 Å². The quantitative estimate of drug-likeness (QED) is 0.908. The van der Waals surface area contributed by atoms with Gasteiger partial charge < -0.3 is 5.32 Å². The molecule has 0 bridgehead atoms. The number of carbonyl (C=O) groups is 1. The number of fused-ring (bicyclic) bond motifs is 1. The molecule has 0 radical (unpaired) electrons. The number of halogens is 1. The topological polar surface area (TPSA) is 53.5 Å². The Hall–Kier alpha value is -2.95. The second kappa shape index (κ2) is 6.66. The summed E-state index contributed by atoms with van der Waals surface area (Å²) in [5, 5.41) is 6.93. The summed E-state index contributed by atoms with van der Waals surface area (Å²) in [6.07, 6.45) is 5.16. The average Bonchev–Trinajstić information content (AvgIpc) is 2.82. The summed E-state index contributed by atoms with van der Waals surface area (Å²) in [6, 6.07) is 10.2. The molecule has 122 valence electrons. The lowest BCUT2D eigenvalue weighted by molar-refractivity contribution is 0.0939. The van der Waals surface area contributed by atoms with E-state index in [1.165, 1.54) is 6.07 Å². The third-order valence-electron chi connectivity index (χ3n) is 4.03. The smallest absolute Gasteiger partial charge is 0.252 e. The van der Waals surface area contributed by atoms with E-state index in [0.717, 1.165) is 16.7 Å². The van der Waals surface area contributed by atoms with Crippen molar-refractivity contribution in [2.24, 2.45) is 5.10 Å². The van der Waals surface area contributed by atoms with Crippen LogP contribution in [0.3, 0.4) is 0 Å². The summed E-state index contributed by atoms with van der Waals surface area (Å²) >= 11 is 0. The lowest BCUT2D eigenvalue weighted by Gasteiger charge is -2.16. The zero-order valence-corrected chi connectivity index (χ0v) is 13.5. The van der Waals surface area contributed by atoms with Crippen LogP contribution in [0.5, 0.6) is 0 Å². The van der Waals surface area contributed by atoms with E-state index in [2.05, 4.69) is 15.8 Å². The highest BCUT2D eigenvalue weighted by Gasteiger charge is 2.16. The van der Waals surface area contributed by atoms with E-state index in [9.17, 15) is 9.18 Å². The normalized spacial score (nSPS) is 13.6. The van der Waals surface area contributed by atoms with Gasteiger partial charge in [0, 0.05) is 17.3 Å². The van der Waals surface area contributed by atoms with Gasteiger partial charge in [-0.2, -0.15) is 5.10 Å². The zero-order chi connectivity index (χ0) is 17.1. The van der Waals surface area contributed by atoms with E-state index in [0.29, 0.717) is 11.1 Å². The SMILES string of the molecule is Cc1ccc(C(C)NC(=O)c2cccc3c2C=CNN=C3)cc1F. The van der Waals surface area contributed by atoms with Gasteiger partial charge in [-0.3, -0.25) is 10.2 Å². The van der Waals surface area contributed by atoms with E-state index in [1.54, 1.807) is 31.5 Å². The van der Waals surface area contributed by atoms with Crippen LogP contribution < -0.4 is 10.7 Å². The summed E-state index contributed by atoms with van der Waals surface area (Å²) in [5.41, 5.74) is 6.28. The minimum absolute atomic E-state index is 0.208. The number of aryl methyl sites for hydroxylation is 1. The molecule has 5 heteroatoms. The highest BCUT2D eigenvalue weighted by Crippen LogP contribution is 2.20. The molecule has 1 amide bonds. The number of carbonyl (C=O) groups excluding carboxylic acids is 1. The van der Waals surface area contributed by atoms with Crippen molar-refractivity contribution in [3.63, 3.8) is 0 Å². The molecule has 0 saturated heterocycles. The van der Waals surface area contributed by atoms with Crippen LogP contribution in [0.15, 0.2) is 47.7 Å². The molecule has 0 spiro atoms. The molecule has 1 aliphatic heterocycles. The average molecular weight is 323 g/mol. The molecular weight excluding hydrogens is 305 g/mol. The second-order valence-electron chi connectivity index (χ2n) is 5.73. The van der Waals surface area contributed by atoms with Crippen LogP contribution in [0, 0.1) is 12.7 Å². The number of benzene rings is 2. The largest absolute Gasteiger partial charge is 0.345 e. The van der Waals surface area contributed by atoms with Crippen molar-refractivity contribution in [1.29, 1.82) is 0 Å². The highest BCUT2D eigenvalue weighted by molar-refractivity contribution is 6.01. The summed E-state index contributed by atoms with van der Waals surface area (Å²) in [4.78, 5) is 12.7. The van der Waals surface area contributed by atoms with Crippen LogP contribution in [0.25, 0.3) is 6.08 Å². The number of amides is 1. The Labute approximate surface area is 140 Å². The van der Waals surface area contributed by atoms with Gasteiger partial charge in [0.2, 0.25) is 0 Å². The molecule has 2 N–H and O–H groups in total. The van der Waals surface area contributed by atoms with E-state index >= 15 is 0 Å². The predicted octanol–water partition coefficient (Wildman–Crippen LogP) is 3.53. The third-order valence-corrected chi connectivity index (χ3v) is 4.03. The molecular formula is C19H18FN3O. The van der Waals surface area contributed by atoms with Crippen LogP contribution in [0.4, 0.5) is 4.39 Å². The first-order valence-electron chi connectivity index (χ1n) is 7.71. The minimum Gasteiger partial charge on any atom is -0.345 e. The monoisotopic (exact) mass is 323 g/mol. The summed E-state index contributed by atoms with van der Waals surface area (Å²) in [5.74, 6) is -0.479. The number of hydrogen-bond acceptors (Lipinski definition) is 3. The first kappa shape index (κ1) is 15.9. The van der Waals surface area contributed by atoms with Crippen LogP contribution >= 0.6 is 0 Å². The molecule has 2 aromatic rings. The molecule has 3 rings (SSSR count). The van der Waals surface area contributed by atoms with E-state index in [4.69, 9.17) is 0 Å². The Morgan fingerprint density at radius 1 is 1.29 bits per heavy atom. The fourth-order valence-corrected chi connectivity index (χ4v) is 2.59. The third kappa shape index (κ3) is 3.20. The Morgan fingerprint density at radius 2 is 2.12 bits per heavy atom. The molecule has 1 aliphatic rings. The maximum atomic E-state index is 13.7. The summed E-state index contributed by atoms with van der Waals surface area (Å²) in [7, 11) is 0. The number of hydrogen-bond donors (Lipinski definition) is 2. The van der Waals surface area contributed by atoms with E-state index in [-0.39, 0.29) is 17.8 Å². The summed E-state index contributed by atoms with van der Waals surface area (Å²) in [6.45, 7) is 3.55. The Kier molecular flexibility index (Phi) is 4.42. The van der Waals surface area contributed by atoms with Gasteiger partial charge in [-0.25, -0.2) is 4.39 Å². The van der Waals surface area contributed by atoms with Crippen molar-refractivity contribution < 1.29 is 9.18 Å². The van der Waals surface area contributed by atoms with Gasteiger partial charge in [-0.05, 0) is 48.7 Å². The van der Waals surface area contributed by atoms with Crippen LogP contribution in [0.2, 0.25) is 0 Å². The van der Waals surface area contributed by atoms with E-state index < -0.39 is 0 Å². The fourth-order valence-electron chi connectivity index (χ4n) is 2.59. The summed E-state index contributed by atoms with van der Waals surface area (Å²) < 4.78 is 13.7. The Morgan fingerprint density at radius 3 is 2.92 bits per heavy atom. The fraction of sp³-hybridized carbons (Fsp3) is 0.158. The lowest BCUT2D eigenvalue weighted by atomic mass is 10.00. The van der Waals surface area contributed by atoms with Gasteiger partial charge in [0.1, 0.15) is 5.82 Å². The van der Waals surface area contributed by atoms with Gasteiger partial charge in [0.25, 0.3) is 5.91 Å². The predicted molar refractivity (Wildman–Crippen MR) is 93.2 cm³/mol. The number of nitrogens with zero attached hydrogens (tertiary/aromatic N) is 1. The van der Waals surface area contributed by atoms with Crippen molar-refractivity contribution in [3.8, 4) is 0 Å². The molecule has 4 nitrogen and oxygen atoms in total. The molecule has 1 unspecified atom stereocenters. The molecule has 2 aromatic carbocycles. The number of rotatable bonds is 3. The number of hydrazone groups is 1. The molecule has 1 heterocycles. The molecule has 24 heavy (non-hydrogen) atoms. The molecule has 0 saturated carbocycles. The highest BCUT2D eigenvalue weighted by atomic mass is 19.1. The molecule has 1 atom stereocenters. The standard InChI is InChI=1S/C19H18FN3O/c1-12-6-7-14(10-18(12)20)13(2)23-19(24)17-5-3-4-15-11-22-21-9-8-16(15)17/h3-11,13,21H,1-2H3,(H,23,24). The van der Waals surface area contributed by atoms with Gasteiger partial charge in [0.05, 0.1) is 12.3 Å². The van der Waals surface area contributed by atoms with Gasteiger partial charge in [-0.15, -0.1) is 0 Å².